The molecule has 2 heterocycles. The van der Waals surface area contributed by atoms with Gasteiger partial charge in [0.15, 0.2) is 0 Å². The van der Waals surface area contributed by atoms with Crippen molar-refractivity contribution < 1.29 is 18.0 Å². The van der Waals surface area contributed by atoms with Crippen LogP contribution in [0, 0.1) is 5.92 Å². The van der Waals surface area contributed by atoms with Gasteiger partial charge in [-0.2, -0.15) is 4.31 Å². The second-order valence-corrected chi connectivity index (χ2v) is 11.2. The molecule has 0 saturated carbocycles. The summed E-state index contributed by atoms with van der Waals surface area (Å²) in [6.45, 7) is 2.46. The summed E-state index contributed by atoms with van der Waals surface area (Å²) in [5.74, 6) is -0.0336. The molecule has 8 heteroatoms. The maximum absolute atomic E-state index is 13.0. The van der Waals surface area contributed by atoms with E-state index in [0.29, 0.717) is 25.9 Å². The van der Waals surface area contributed by atoms with Gasteiger partial charge in [-0.25, -0.2) is 8.42 Å². The van der Waals surface area contributed by atoms with Gasteiger partial charge in [0.05, 0.1) is 11.4 Å². The third kappa shape index (κ3) is 5.38. The molecule has 33 heavy (non-hydrogen) atoms. The number of carbonyl (C=O) groups excluding carboxylic acids is 2. The van der Waals surface area contributed by atoms with E-state index in [-0.39, 0.29) is 29.2 Å². The molecule has 4 rings (SSSR count). The molecule has 0 spiro atoms. The summed E-state index contributed by atoms with van der Waals surface area (Å²) in [6, 6.07) is 12.6. The Balaban J connectivity index is 1.33. The van der Waals surface area contributed by atoms with Gasteiger partial charge in [-0.15, -0.1) is 0 Å². The minimum absolute atomic E-state index is 0.0359. The number of hydrogen-bond acceptors (Lipinski definition) is 4. The average Bonchev–Trinajstić information content (AvgIpc) is 3.13. The van der Waals surface area contributed by atoms with Crippen molar-refractivity contribution in [3.8, 4) is 0 Å². The van der Waals surface area contributed by atoms with Crippen LogP contribution in [-0.2, 0) is 19.6 Å². The Morgan fingerprint density at radius 1 is 0.879 bits per heavy atom. The quantitative estimate of drug-likeness (QED) is 0.671. The van der Waals surface area contributed by atoms with Crippen LogP contribution in [-0.4, -0.2) is 74.1 Å². The minimum atomic E-state index is -3.78. The smallest absolute Gasteiger partial charge is 0.243 e. The van der Waals surface area contributed by atoms with Crippen molar-refractivity contribution >= 4 is 32.6 Å². The van der Waals surface area contributed by atoms with Crippen LogP contribution in [0.3, 0.4) is 0 Å². The van der Waals surface area contributed by atoms with Crippen LogP contribution in [0.1, 0.15) is 38.5 Å². The van der Waals surface area contributed by atoms with E-state index in [1.165, 1.54) is 19.9 Å². The molecular formula is C25H33N3O4S. The predicted molar refractivity (Wildman–Crippen MR) is 128 cm³/mol. The van der Waals surface area contributed by atoms with Crippen LogP contribution in [0.15, 0.2) is 47.4 Å². The van der Waals surface area contributed by atoms with Gasteiger partial charge in [0, 0.05) is 39.1 Å². The van der Waals surface area contributed by atoms with E-state index in [1.807, 2.05) is 29.2 Å². The molecule has 2 fully saturated rings. The summed E-state index contributed by atoms with van der Waals surface area (Å²) in [7, 11) is -2.34. The lowest BCUT2D eigenvalue weighted by molar-refractivity contribution is -0.140. The normalized spacial score (nSPS) is 18.5. The summed E-state index contributed by atoms with van der Waals surface area (Å²) >= 11 is 0. The van der Waals surface area contributed by atoms with Crippen molar-refractivity contribution in [2.75, 3.05) is 39.8 Å². The second-order valence-electron chi connectivity index (χ2n) is 9.16. The number of likely N-dealkylation sites (N-methyl/N-ethyl adjacent to an activating group) is 1. The summed E-state index contributed by atoms with van der Waals surface area (Å²) in [4.78, 5) is 29.6. The van der Waals surface area contributed by atoms with Gasteiger partial charge in [0.1, 0.15) is 0 Å². The lowest BCUT2D eigenvalue weighted by atomic mass is 9.95. The number of likely N-dealkylation sites (tertiary alicyclic amines) is 2. The van der Waals surface area contributed by atoms with Crippen molar-refractivity contribution in [1.29, 1.82) is 0 Å². The Kier molecular flexibility index (Phi) is 7.34. The largest absolute Gasteiger partial charge is 0.342 e. The van der Waals surface area contributed by atoms with E-state index < -0.39 is 10.0 Å². The fraction of sp³-hybridized carbons (Fsp3) is 0.520. The molecule has 178 valence electrons. The highest BCUT2D eigenvalue weighted by atomic mass is 32.2. The van der Waals surface area contributed by atoms with Crippen LogP contribution < -0.4 is 0 Å². The molecular weight excluding hydrogens is 438 g/mol. The Bertz CT molecular complexity index is 1100. The zero-order valence-electron chi connectivity index (χ0n) is 19.3. The van der Waals surface area contributed by atoms with Crippen LogP contribution in [0.2, 0.25) is 0 Å². The van der Waals surface area contributed by atoms with Crippen molar-refractivity contribution in [3.63, 3.8) is 0 Å². The molecule has 0 atom stereocenters. The lowest BCUT2D eigenvalue weighted by Crippen LogP contribution is -2.47. The molecule has 7 nitrogen and oxygen atoms in total. The maximum atomic E-state index is 13.0. The lowest BCUT2D eigenvalue weighted by Gasteiger charge is -2.34. The highest BCUT2D eigenvalue weighted by Gasteiger charge is 2.32. The van der Waals surface area contributed by atoms with Gasteiger partial charge in [-0.3, -0.25) is 9.59 Å². The van der Waals surface area contributed by atoms with E-state index in [9.17, 15) is 18.0 Å². The van der Waals surface area contributed by atoms with E-state index in [1.54, 1.807) is 23.1 Å². The number of fused-ring (bicyclic) bond motifs is 1. The maximum Gasteiger partial charge on any atom is 0.243 e. The number of amides is 2. The SMILES string of the molecule is CN(CC(=O)N1CCC(C(=O)N2CCCCCC2)CC1)S(=O)(=O)c1ccc2ccccc2c1. The fourth-order valence-electron chi connectivity index (χ4n) is 4.81. The number of carbonyl (C=O) groups is 2. The average molecular weight is 472 g/mol. The van der Waals surface area contributed by atoms with Gasteiger partial charge >= 0.3 is 0 Å². The van der Waals surface area contributed by atoms with Gasteiger partial charge in [0.2, 0.25) is 21.8 Å². The van der Waals surface area contributed by atoms with E-state index in [4.69, 9.17) is 0 Å². The molecule has 0 aromatic heterocycles. The van der Waals surface area contributed by atoms with Crippen molar-refractivity contribution in [2.24, 2.45) is 5.92 Å². The molecule has 2 aromatic carbocycles. The summed E-state index contributed by atoms with van der Waals surface area (Å²) in [6.07, 6.45) is 5.80. The molecule has 2 aliphatic rings. The van der Waals surface area contributed by atoms with Crippen molar-refractivity contribution in [3.05, 3.63) is 42.5 Å². The molecule has 2 aliphatic heterocycles. The van der Waals surface area contributed by atoms with Gasteiger partial charge in [0.25, 0.3) is 0 Å². The van der Waals surface area contributed by atoms with Gasteiger partial charge in [-0.05, 0) is 48.6 Å². The number of hydrogen-bond donors (Lipinski definition) is 0. The topological polar surface area (TPSA) is 78.0 Å². The summed E-state index contributed by atoms with van der Waals surface area (Å²) < 4.78 is 27.2. The van der Waals surface area contributed by atoms with Crippen LogP contribution in [0.4, 0.5) is 0 Å². The van der Waals surface area contributed by atoms with E-state index in [0.717, 1.165) is 41.0 Å². The minimum Gasteiger partial charge on any atom is -0.342 e. The Morgan fingerprint density at radius 3 is 2.18 bits per heavy atom. The summed E-state index contributed by atoms with van der Waals surface area (Å²) in [5, 5.41) is 1.81. The van der Waals surface area contributed by atoms with Crippen LogP contribution in [0.5, 0.6) is 0 Å². The highest BCUT2D eigenvalue weighted by molar-refractivity contribution is 7.89. The molecule has 0 bridgehead atoms. The van der Waals surface area contributed by atoms with E-state index in [2.05, 4.69) is 0 Å². The van der Waals surface area contributed by atoms with Crippen molar-refractivity contribution in [2.45, 2.75) is 43.4 Å². The van der Waals surface area contributed by atoms with E-state index >= 15 is 0 Å². The van der Waals surface area contributed by atoms with Gasteiger partial charge in [-0.1, -0.05) is 43.2 Å². The first-order valence-corrected chi connectivity index (χ1v) is 13.3. The second kappa shape index (κ2) is 10.2. The molecule has 2 amide bonds. The first-order valence-electron chi connectivity index (χ1n) is 11.9. The first-order chi connectivity index (χ1) is 15.9. The fourth-order valence-corrected chi connectivity index (χ4v) is 5.96. The third-order valence-electron chi connectivity index (χ3n) is 6.90. The van der Waals surface area contributed by atoms with Gasteiger partial charge < -0.3 is 9.80 Å². The molecule has 2 aromatic rings. The number of nitrogens with zero attached hydrogens (tertiary/aromatic N) is 3. The zero-order valence-corrected chi connectivity index (χ0v) is 20.1. The molecule has 0 unspecified atom stereocenters. The number of benzene rings is 2. The van der Waals surface area contributed by atoms with Crippen LogP contribution in [0.25, 0.3) is 10.8 Å². The number of rotatable bonds is 5. The number of sulfonamides is 1. The monoisotopic (exact) mass is 471 g/mol. The molecule has 0 N–H and O–H groups in total. The zero-order chi connectivity index (χ0) is 23.4. The third-order valence-corrected chi connectivity index (χ3v) is 8.70. The summed E-state index contributed by atoms with van der Waals surface area (Å²) in [5.41, 5.74) is 0. The molecule has 0 radical (unpaired) electrons. The van der Waals surface area contributed by atoms with Crippen LogP contribution >= 0.6 is 0 Å². The van der Waals surface area contributed by atoms with Crippen molar-refractivity contribution in [1.82, 2.24) is 14.1 Å². The Hall–Kier alpha value is -2.45. The predicted octanol–water partition coefficient (Wildman–Crippen LogP) is 3.10. The first kappa shape index (κ1) is 23.7. The standard InChI is InChI=1S/C25H33N3O4S/c1-26(33(31,32)23-11-10-20-8-4-5-9-22(20)18-23)19-24(29)27-16-12-21(13-17-27)25(30)28-14-6-2-3-7-15-28/h4-5,8-11,18,21H,2-3,6-7,12-17,19H2,1H3. The Morgan fingerprint density at radius 2 is 1.52 bits per heavy atom. The molecule has 0 aliphatic carbocycles. The Labute approximate surface area is 196 Å². The molecule has 2 saturated heterocycles. The number of piperidine rings is 1. The highest BCUT2D eigenvalue weighted by Crippen LogP contribution is 2.24.